The van der Waals surface area contributed by atoms with Crippen molar-refractivity contribution in [2.24, 2.45) is 4.99 Å². The number of imidazole rings is 1. The Morgan fingerprint density at radius 1 is 0.889 bits per heavy atom. The van der Waals surface area contributed by atoms with Crippen molar-refractivity contribution < 1.29 is 0 Å². The van der Waals surface area contributed by atoms with Crippen LogP contribution in [0.1, 0.15) is 12.5 Å². The fourth-order valence-corrected chi connectivity index (χ4v) is 2.93. The first-order chi connectivity index (χ1) is 13.0. The predicted molar refractivity (Wildman–Crippen MR) is 113 cm³/mol. The van der Waals surface area contributed by atoms with Crippen molar-refractivity contribution >= 4 is 39.5 Å². The van der Waals surface area contributed by atoms with Crippen LogP contribution in [0, 0.1) is 0 Å². The van der Waals surface area contributed by atoms with Crippen LogP contribution in [0.4, 0.5) is 22.7 Å². The Kier molecular flexibility index (Phi) is 4.01. The molecule has 27 heavy (non-hydrogen) atoms. The summed E-state index contributed by atoms with van der Waals surface area (Å²) in [5, 5.41) is 0. The van der Waals surface area contributed by atoms with Crippen LogP contribution in [0.5, 0.6) is 0 Å². The van der Waals surface area contributed by atoms with E-state index >= 15 is 0 Å². The van der Waals surface area contributed by atoms with E-state index in [4.69, 9.17) is 17.2 Å². The molecule has 4 aromatic rings. The maximum absolute atomic E-state index is 6.00. The number of nitrogens with one attached hydrogen (secondary N) is 1. The average Bonchev–Trinajstić information content (AvgIpc) is 3.07. The first-order valence-electron chi connectivity index (χ1n) is 8.56. The largest absolute Gasteiger partial charge is 0.399 e. The molecule has 0 aliphatic heterocycles. The van der Waals surface area contributed by atoms with Crippen LogP contribution < -0.4 is 17.2 Å². The van der Waals surface area contributed by atoms with Gasteiger partial charge < -0.3 is 22.2 Å². The van der Waals surface area contributed by atoms with Gasteiger partial charge >= 0.3 is 0 Å². The molecule has 0 aliphatic carbocycles. The normalized spacial score (nSPS) is 11.8. The Bertz CT molecular complexity index is 1160. The fourth-order valence-electron chi connectivity index (χ4n) is 2.93. The van der Waals surface area contributed by atoms with Crippen molar-refractivity contribution in [1.29, 1.82) is 0 Å². The van der Waals surface area contributed by atoms with Crippen molar-refractivity contribution in [1.82, 2.24) is 9.97 Å². The topological polar surface area (TPSA) is 119 Å². The molecular weight excluding hydrogens is 336 g/mol. The summed E-state index contributed by atoms with van der Waals surface area (Å²) < 4.78 is 0. The Morgan fingerprint density at radius 2 is 1.63 bits per heavy atom. The van der Waals surface area contributed by atoms with Gasteiger partial charge in [0.25, 0.3) is 0 Å². The van der Waals surface area contributed by atoms with Crippen molar-refractivity contribution in [3.63, 3.8) is 0 Å². The molecule has 0 amide bonds. The Balaban J connectivity index is 1.70. The monoisotopic (exact) mass is 356 g/mol. The lowest BCUT2D eigenvalue weighted by molar-refractivity contribution is 1.34. The number of aromatic amines is 1. The van der Waals surface area contributed by atoms with E-state index in [0.717, 1.165) is 39.4 Å². The SMILES string of the molecule is C/C(=N\c1ccc(N)cc1N)c1ccc2nc(-c3ccc(N)cc3)[nH]c2c1. The third-order valence-corrected chi connectivity index (χ3v) is 4.42. The second kappa shape index (κ2) is 6.49. The van der Waals surface area contributed by atoms with Gasteiger partial charge in [-0.05, 0) is 67.1 Å². The maximum atomic E-state index is 6.00. The molecule has 0 saturated heterocycles. The van der Waals surface area contributed by atoms with Crippen LogP contribution in [0.3, 0.4) is 0 Å². The summed E-state index contributed by atoms with van der Waals surface area (Å²) in [6, 6.07) is 19.0. The van der Waals surface area contributed by atoms with Crippen LogP contribution in [-0.4, -0.2) is 15.7 Å². The number of rotatable bonds is 3. The fraction of sp³-hybridized carbons (Fsp3) is 0.0476. The second-order valence-electron chi connectivity index (χ2n) is 6.45. The molecule has 0 spiro atoms. The molecule has 0 unspecified atom stereocenters. The average molecular weight is 356 g/mol. The summed E-state index contributed by atoms with van der Waals surface area (Å²) in [4.78, 5) is 12.7. The highest BCUT2D eigenvalue weighted by molar-refractivity contribution is 6.03. The van der Waals surface area contributed by atoms with E-state index in [9.17, 15) is 0 Å². The highest BCUT2D eigenvalue weighted by Gasteiger charge is 2.08. The minimum absolute atomic E-state index is 0.558. The van der Waals surface area contributed by atoms with E-state index in [1.807, 2.05) is 55.5 Å². The van der Waals surface area contributed by atoms with E-state index in [0.29, 0.717) is 17.1 Å². The Labute approximate surface area is 156 Å². The zero-order valence-electron chi connectivity index (χ0n) is 14.9. The number of hydrogen-bond donors (Lipinski definition) is 4. The van der Waals surface area contributed by atoms with Crippen LogP contribution in [-0.2, 0) is 0 Å². The van der Waals surface area contributed by atoms with Gasteiger partial charge in [-0.2, -0.15) is 0 Å². The molecule has 0 bridgehead atoms. The molecule has 6 heteroatoms. The maximum Gasteiger partial charge on any atom is 0.138 e. The van der Waals surface area contributed by atoms with Gasteiger partial charge in [0, 0.05) is 22.6 Å². The van der Waals surface area contributed by atoms with Crippen LogP contribution in [0.15, 0.2) is 65.7 Å². The number of nitrogens with zero attached hydrogens (tertiary/aromatic N) is 2. The molecule has 7 N–H and O–H groups in total. The Hall–Kier alpha value is -3.80. The Morgan fingerprint density at radius 3 is 2.37 bits per heavy atom. The van der Waals surface area contributed by atoms with E-state index in [1.54, 1.807) is 12.1 Å². The third kappa shape index (κ3) is 3.32. The number of aromatic nitrogens is 2. The number of hydrogen-bond acceptors (Lipinski definition) is 5. The first-order valence-corrected chi connectivity index (χ1v) is 8.56. The molecule has 4 rings (SSSR count). The second-order valence-corrected chi connectivity index (χ2v) is 6.45. The molecule has 0 fully saturated rings. The number of anilines is 3. The number of aliphatic imine (C=N–C) groups is 1. The molecule has 0 radical (unpaired) electrons. The van der Waals surface area contributed by atoms with Gasteiger partial charge in [0.1, 0.15) is 5.82 Å². The van der Waals surface area contributed by atoms with Crippen LogP contribution >= 0.6 is 0 Å². The van der Waals surface area contributed by atoms with Crippen molar-refractivity contribution in [2.75, 3.05) is 17.2 Å². The van der Waals surface area contributed by atoms with Crippen molar-refractivity contribution in [3.8, 4) is 11.4 Å². The lowest BCUT2D eigenvalue weighted by Gasteiger charge is -2.05. The minimum Gasteiger partial charge on any atom is -0.399 e. The zero-order valence-corrected chi connectivity index (χ0v) is 14.9. The van der Waals surface area contributed by atoms with Gasteiger partial charge in [-0.25, -0.2) is 4.98 Å². The summed E-state index contributed by atoms with van der Waals surface area (Å²) in [6.07, 6.45) is 0. The van der Waals surface area contributed by atoms with Crippen LogP contribution in [0.25, 0.3) is 22.4 Å². The lowest BCUT2D eigenvalue weighted by Crippen LogP contribution is -1.96. The quantitative estimate of drug-likeness (QED) is 0.326. The van der Waals surface area contributed by atoms with E-state index in [1.165, 1.54) is 0 Å². The molecule has 3 aromatic carbocycles. The molecule has 0 aliphatic rings. The van der Waals surface area contributed by atoms with Gasteiger partial charge in [0.2, 0.25) is 0 Å². The number of nitrogen functional groups attached to an aromatic ring is 3. The molecule has 1 heterocycles. The summed E-state index contributed by atoms with van der Waals surface area (Å²) in [7, 11) is 0. The standard InChI is InChI=1S/C21H20N6/c1-12(25-18-9-7-16(23)11-17(18)24)14-4-8-19-20(10-14)27-21(26-19)13-2-5-15(22)6-3-13/h2-11H,22-24H2,1H3,(H,26,27)/b25-12+. The third-order valence-electron chi connectivity index (χ3n) is 4.42. The summed E-state index contributed by atoms with van der Waals surface area (Å²) in [5.74, 6) is 0.805. The van der Waals surface area contributed by atoms with Gasteiger partial charge in [-0.1, -0.05) is 6.07 Å². The minimum atomic E-state index is 0.558. The molecular formula is C21H20N6. The number of H-pyrrole nitrogens is 1. The van der Waals surface area contributed by atoms with Crippen molar-refractivity contribution in [3.05, 3.63) is 66.2 Å². The summed E-state index contributed by atoms with van der Waals surface area (Å²) in [6.45, 7) is 1.95. The lowest BCUT2D eigenvalue weighted by atomic mass is 10.1. The van der Waals surface area contributed by atoms with Crippen LogP contribution in [0.2, 0.25) is 0 Å². The molecule has 6 nitrogen and oxygen atoms in total. The number of benzene rings is 3. The van der Waals surface area contributed by atoms with Gasteiger partial charge in [-0.15, -0.1) is 0 Å². The number of fused-ring (bicyclic) bond motifs is 1. The highest BCUT2D eigenvalue weighted by atomic mass is 14.9. The highest BCUT2D eigenvalue weighted by Crippen LogP contribution is 2.26. The first kappa shape index (κ1) is 16.7. The number of nitrogens with two attached hydrogens (primary N) is 3. The van der Waals surface area contributed by atoms with Gasteiger partial charge in [-0.3, -0.25) is 4.99 Å². The van der Waals surface area contributed by atoms with Gasteiger partial charge in [0.15, 0.2) is 0 Å². The zero-order chi connectivity index (χ0) is 19.0. The molecule has 134 valence electrons. The van der Waals surface area contributed by atoms with Gasteiger partial charge in [0.05, 0.1) is 22.4 Å². The molecule has 0 atom stereocenters. The van der Waals surface area contributed by atoms with Crippen molar-refractivity contribution in [2.45, 2.75) is 6.92 Å². The summed E-state index contributed by atoms with van der Waals surface area (Å²) in [5.41, 5.74) is 24.8. The summed E-state index contributed by atoms with van der Waals surface area (Å²) >= 11 is 0. The smallest absolute Gasteiger partial charge is 0.138 e. The molecule has 1 aromatic heterocycles. The van der Waals surface area contributed by atoms with E-state index < -0.39 is 0 Å². The van der Waals surface area contributed by atoms with E-state index in [2.05, 4.69) is 15.0 Å². The molecule has 0 saturated carbocycles. The predicted octanol–water partition coefficient (Wildman–Crippen LogP) is 4.12. The van der Waals surface area contributed by atoms with E-state index in [-0.39, 0.29) is 0 Å².